The third-order valence-electron chi connectivity index (χ3n) is 2.64. The summed E-state index contributed by atoms with van der Waals surface area (Å²) < 4.78 is 0. The van der Waals surface area contributed by atoms with E-state index in [0.717, 1.165) is 6.54 Å². The van der Waals surface area contributed by atoms with Gasteiger partial charge in [-0.15, -0.1) is 0 Å². The van der Waals surface area contributed by atoms with Gasteiger partial charge in [0.1, 0.15) is 0 Å². The van der Waals surface area contributed by atoms with Gasteiger partial charge in [-0.25, -0.2) is 0 Å². The van der Waals surface area contributed by atoms with Crippen LogP contribution in [0, 0.1) is 17.3 Å². The van der Waals surface area contributed by atoms with Gasteiger partial charge in [-0.05, 0) is 30.2 Å². The number of aliphatic hydroxyl groups excluding tert-OH is 1. The molecular weight excluding hydrogens is 126 g/mol. The summed E-state index contributed by atoms with van der Waals surface area (Å²) in [5.74, 6) is 1.35. The first-order valence-corrected chi connectivity index (χ1v) is 3.92. The van der Waals surface area contributed by atoms with Crippen molar-refractivity contribution in [3.05, 3.63) is 0 Å². The fraction of sp³-hybridized carbons (Fsp3) is 1.00. The minimum atomic E-state index is 0.101. The smallest absolute Gasteiger partial charge is 0.0484 e. The van der Waals surface area contributed by atoms with E-state index in [1.165, 1.54) is 6.42 Å². The average Bonchev–Trinajstić information content (AvgIpc) is 2.66. The lowest BCUT2D eigenvalue weighted by Gasteiger charge is -2.21. The van der Waals surface area contributed by atoms with Crippen LogP contribution < -0.4 is 5.73 Å². The van der Waals surface area contributed by atoms with Crippen molar-refractivity contribution in [1.82, 2.24) is 0 Å². The van der Waals surface area contributed by atoms with Gasteiger partial charge in [0.05, 0.1) is 0 Å². The van der Waals surface area contributed by atoms with E-state index in [2.05, 4.69) is 13.8 Å². The Morgan fingerprint density at radius 1 is 1.60 bits per heavy atom. The lowest BCUT2D eigenvalue weighted by atomic mass is 9.87. The zero-order chi connectivity index (χ0) is 7.78. The van der Waals surface area contributed by atoms with Crippen LogP contribution in [0.3, 0.4) is 0 Å². The van der Waals surface area contributed by atoms with E-state index in [9.17, 15) is 0 Å². The maximum Gasteiger partial charge on any atom is 0.0484 e. The van der Waals surface area contributed by atoms with Crippen LogP contribution in [0.5, 0.6) is 0 Å². The molecular formula is C8H17NO. The molecule has 1 rings (SSSR count). The highest BCUT2D eigenvalue weighted by Gasteiger charge is 2.45. The van der Waals surface area contributed by atoms with E-state index < -0.39 is 0 Å². The molecule has 2 nitrogen and oxygen atoms in total. The second-order valence-corrected chi connectivity index (χ2v) is 3.98. The SMILES string of the molecule is CC(C)(CO)C1CC1CN. The van der Waals surface area contributed by atoms with Crippen molar-refractivity contribution < 1.29 is 5.11 Å². The van der Waals surface area contributed by atoms with Gasteiger partial charge in [0.25, 0.3) is 0 Å². The minimum absolute atomic E-state index is 0.101. The maximum absolute atomic E-state index is 8.98. The fourth-order valence-electron chi connectivity index (χ4n) is 1.58. The van der Waals surface area contributed by atoms with Crippen LogP contribution in [0.1, 0.15) is 20.3 Å². The Bertz CT molecular complexity index is 122. The molecule has 0 saturated heterocycles. The Morgan fingerprint density at radius 3 is 2.50 bits per heavy atom. The van der Waals surface area contributed by atoms with E-state index in [1.807, 2.05) is 0 Å². The molecule has 0 radical (unpaired) electrons. The van der Waals surface area contributed by atoms with Crippen LogP contribution in [0.2, 0.25) is 0 Å². The predicted octanol–water partition coefficient (Wildman–Crippen LogP) is 0.600. The summed E-state index contributed by atoms with van der Waals surface area (Å²) >= 11 is 0. The molecule has 2 unspecified atom stereocenters. The third kappa shape index (κ3) is 1.32. The molecule has 1 aliphatic carbocycles. The van der Waals surface area contributed by atoms with Crippen molar-refractivity contribution in [2.75, 3.05) is 13.2 Å². The summed E-state index contributed by atoms with van der Waals surface area (Å²) in [6.45, 7) is 5.28. The van der Waals surface area contributed by atoms with Crippen LogP contribution in [-0.2, 0) is 0 Å². The topological polar surface area (TPSA) is 46.2 Å². The van der Waals surface area contributed by atoms with Crippen molar-refractivity contribution in [2.45, 2.75) is 20.3 Å². The second-order valence-electron chi connectivity index (χ2n) is 3.98. The number of rotatable bonds is 3. The van der Waals surface area contributed by atoms with Gasteiger partial charge in [0.2, 0.25) is 0 Å². The number of nitrogens with two attached hydrogens (primary N) is 1. The van der Waals surface area contributed by atoms with Gasteiger partial charge in [-0.3, -0.25) is 0 Å². The number of hydrogen-bond donors (Lipinski definition) is 2. The molecule has 0 aromatic heterocycles. The van der Waals surface area contributed by atoms with E-state index in [0.29, 0.717) is 11.8 Å². The van der Waals surface area contributed by atoms with Gasteiger partial charge >= 0.3 is 0 Å². The highest BCUT2D eigenvalue weighted by atomic mass is 16.3. The molecule has 0 aliphatic heterocycles. The Kier molecular flexibility index (Phi) is 2.02. The molecule has 0 spiro atoms. The first-order valence-electron chi connectivity index (χ1n) is 3.92. The summed E-state index contributed by atoms with van der Waals surface area (Å²) in [6.07, 6.45) is 1.21. The molecule has 0 aromatic rings. The molecule has 10 heavy (non-hydrogen) atoms. The van der Waals surface area contributed by atoms with Gasteiger partial charge < -0.3 is 10.8 Å². The number of aliphatic hydroxyl groups is 1. The Balaban J connectivity index is 2.37. The molecule has 1 saturated carbocycles. The highest BCUT2D eigenvalue weighted by Crippen LogP contribution is 2.49. The second kappa shape index (κ2) is 2.51. The highest BCUT2D eigenvalue weighted by molar-refractivity contribution is 4.96. The lowest BCUT2D eigenvalue weighted by molar-refractivity contribution is 0.132. The standard InChI is InChI=1S/C8H17NO/c1-8(2,5-10)7-3-6(7)4-9/h6-7,10H,3-5,9H2,1-2H3. The largest absolute Gasteiger partial charge is 0.396 e. The monoisotopic (exact) mass is 143 g/mol. The molecule has 1 aliphatic rings. The molecule has 0 heterocycles. The van der Waals surface area contributed by atoms with Crippen LogP contribution in [0.4, 0.5) is 0 Å². The molecule has 2 atom stereocenters. The third-order valence-corrected chi connectivity index (χ3v) is 2.64. The van der Waals surface area contributed by atoms with Crippen LogP contribution in [-0.4, -0.2) is 18.3 Å². The summed E-state index contributed by atoms with van der Waals surface area (Å²) in [6, 6.07) is 0. The van der Waals surface area contributed by atoms with E-state index >= 15 is 0 Å². The molecule has 2 heteroatoms. The van der Waals surface area contributed by atoms with Crippen molar-refractivity contribution >= 4 is 0 Å². The van der Waals surface area contributed by atoms with Crippen LogP contribution in [0.15, 0.2) is 0 Å². The minimum Gasteiger partial charge on any atom is -0.396 e. The Labute approximate surface area is 62.4 Å². The molecule has 1 fully saturated rings. The summed E-state index contributed by atoms with van der Waals surface area (Å²) in [4.78, 5) is 0. The number of hydrogen-bond acceptors (Lipinski definition) is 2. The fourth-order valence-corrected chi connectivity index (χ4v) is 1.58. The van der Waals surface area contributed by atoms with E-state index in [4.69, 9.17) is 10.8 Å². The summed E-state index contributed by atoms with van der Waals surface area (Å²) in [5.41, 5.74) is 5.60. The van der Waals surface area contributed by atoms with Crippen LogP contribution >= 0.6 is 0 Å². The van der Waals surface area contributed by atoms with Crippen molar-refractivity contribution in [3.8, 4) is 0 Å². The van der Waals surface area contributed by atoms with Gasteiger partial charge in [0, 0.05) is 6.61 Å². The van der Waals surface area contributed by atoms with Gasteiger partial charge in [-0.1, -0.05) is 13.8 Å². The Morgan fingerprint density at radius 2 is 2.20 bits per heavy atom. The van der Waals surface area contributed by atoms with Crippen molar-refractivity contribution in [3.63, 3.8) is 0 Å². The molecule has 60 valence electrons. The normalized spacial score (nSPS) is 32.4. The molecule has 0 amide bonds. The first-order chi connectivity index (χ1) is 4.61. The van der Waals surface area contributed by atoms with E-state index in [1.54, 1.807) is 0 Å². The predicted molar refractivity (Wildman–Crippen MR) is 41.5 cm³/mol. The van der Waals surface area contributed by atoms with Crippen molar-refractivity contribution in [2.24, 2.45) is 23.0 Å². The lowest BCUT2D eigenvalue weighted by Crippen LogP contribution is -2.21. The van der Waals surface area contributed by atoms with Gasteiger partial charge in [-0.2, -0.15) is 0 Å². The molecule has 3 N–H and O–H groups in total. The summed E-state index contributed by atoms with van der Waals surface area (Å²) in [7, 11) is 0. The Hall–Kier alpha value is -0.0800. The summed E-state index contributed by atoms with van der Waals surface area (Å²) in [5, 5.41) is 8.98. The van der Waals surface area contributed by atoms with Crippen LogP contribution in [0.25, 0.3) is 0 Å². The average molecular weight is 143 g/mol. The quantitative estimate of drug-likeness (QED) is 0.607. The zero-order valence-corrected chi connectivity index (χ0v) is 6.80. The molecule has 0 bridgehead atoms. The van der Waals surface area contributed by atoms with Crippen molar-refractivity contribution in [1.29, 1.82) is 0 Å². The zero-order valence-electron chi connectivity index (χ0n) is 6.80. The van der Waals surface area contributed by atoms with E-state index in [-0.39, 0.29) is 12.0 Å². The molecule has 0 aromatic carbocycles. The first kappa shape index (κ1) is 8.02. The maximum atomic E-state index is 8.98. The van der Waals surface area contributed by atoms with Gasteiger partial charge in [0.15, 0.2) is 0 Å².